The van der Waals surface area contributed by atoms with Gasteiger partial charge in [0.15, 0.2) is 0 Å². The number of carbonyl (C=O) groups is 1. The van der Waals surface area contributed by atoms with Crippen molar-refractivity contribution in [3.63, 3.8) is 0 Å². The van der Waals surface area contributed by atoms with Gasteiger partial charge in [0.05, 0.1) is 24.2 Å². The van der Waals surface area contributed by atoms with E-state index in [0.717, 1.165) is 10.6 Å². The van der Waals surface area contributed by atoms with E-state index in [4.69, 9.17) is 9.47 Å². The Morgan fingerprint density at radius 2 is 1.71 bits per heavy atom. The summed E-state index contributed by atoms with van der Waals surface area (Å²) in [4.78, 5) is 13.5. The molecule has 1 amide bonds. The molecule has 1 heterocycles. The number of thioether (sulfide) groups is 1. The molecule has 168 valence electrons. The van der Waals surface area contributed by atoms with Crippen LogP contribution in [0.1, 0.15) is 20.3 Å². The van der Waals surface area contributed by atoms with Crippen molar-refractivity contribution in [2.24, 2.45) is 0 Å². The van der Waals surface area contributed by atoms with Gasteiger partial charge in [0.2, 0.25) is 15.9 Å². The Bertz CT molecular complexity index is 968. The maximum absolute atomic E-state index is 12.9. The second-order valence-corrected chi connectivity index (χ2v) is 10.5. The van der Waals surface area contributed by atoms with Crippen LogP contribution in [0.15, 0.2) is 58.3 Å². The number of ether oxygens (including phenoxy) is 2. The molecule has 2 atom stereocenters. The molecule has 31 heavy (non-hydrogen) atoms. The zero-order valence-corrected chi connectivity index (χ0v) is 19.5. The zero-order chi connectivity index (χ0) is 22.4. The smallest absolute Gasteiger partial charge is 0.243 e. The molecule has 1 aliphatic heterocycles. The molecule has 0 radical (unpaired) electrons. The van der Waals surface area contributed by atoms with E-state index in [-0.39, 0.29) is 23.0 Å². The lowest BCUT2D eigenvalue weighted by atomic mass is 10.3. The molecule has 2 aromatic rings. The topological polar surface area (TPSA) is 84.9 Å². The molecule has 1 fully saturated rings. The summed E-state index contributed by atoms with van der Waals surface area (Å²) in [6.07, 6.45) is 0.0565. The minimum atomic E-state index is -3.59. The van der Waals surface area contributed by atoms with Gasteiger partial charge in [0.25, 0.3) is 0 Å². The lowest BCUT2D eigenvalue weighted by Gasteiger charge is -2.34. The molecule has 0 saturated carbocycles. The van der Waals surface area contributed by atoms with E-state index in [1.165, 1.54) is 16.4 Å². The molecule has 2 unspecified atom stereocenters. The van der Waals surface area contributed by atoms with Crippen LogP contribution in [-0.2, 0) is 19.6 Å². The van der Waals surface area contributed by atoms with Crippen molar-refractivity contribution in [3.05, 3.63) is 48.5 Å². The summed E-state index contributed by atoms with van der Waals surface area (Å²) < 4.78 is 38.0. The molecule has 1 aliphatic rings. The van der Waals surface area contributed by atoms with Gasteiger partial charge in [-0.05, 0) is 62.4 Å². The van der Waals surface area contributed by atoms with Gasteiger partial charge in [-0.2, -0.15) is 4.31 Å². The second-order valence-electron chi connectivity index (χ2n) is 7.43. The van der Waals surface area contributed by atoms with Crippen LogP contribution in [0.2, 0.25) is 0 Å². The molecular formula is C22H28N2O5S2. The van der Waals surface area contributed by atoms with E-state index in [0.29, 0.717) is 31.0 Å². The van der Waals surface area contributed by atoms with Gasteiger partial charge in [-0.1, -0.05) is 0 Å². The molecule has 0 aromatic heterocycles. The minimum absolute atomic E-state index is 0.118. The van der Waals surface area contributed by atoms with Crippen LogP contribution < -0.4 is 10.1 Å². The number of nitrogens with zero attached hydrogens (tertiary/aromatic N) is 1. The van der Waals surface area contributed by atoms with Gasteiger partial charge >= 0.3 is 0 Å². The number of nitrogens with one attached hydrogen (secondary N) is 1. The lowest BCUT2D eigenvalue weighted by Crippen LogP contribution is -2.48. The Hall–Kier alpha value is -2.07. The molecule has 1 N–H and O–H groups in total. The number of rotatable bonds is 8. The van der Waals surface area contributed by atoms with Crippen molar-refractivity contribution in [1.82, 2.24) is 4.31 Å². The van der Waals surface area contributed by atoms with Crippen molar-refractivity contribution >= 4 is 33.4 Å². The highest BCUT2D eigenvalue weighted by Gasteiger charge is 2.32. The first-order valence-corrected chi connectivity index (χ1v) is 12.5. The number of sulfonamides is 1. The average molecular weight is 465 g/mol. The van der Waals surface area contributed by atoms with Gasteiger partial charge in [-0.15, -0.1) is 11.8 Å². The number of amides is 1. The largest absolute Gasteiger partial charge is 0.497 e. The summed E-state index contributed by atoms with van der Waals surface area (Å²) in [6.45, 7) is 4.39. The first kappa shape index (κ1) is 23.6. The van der Waals surface area contributed by atoms with Crippen molar-refractivity contribution < 1.29 is 22.7 Å². The number of anilines is 1. The van der Waals surface area contributed by atoms with E-state index >= 15 is 0 Å². The Morgan fingerprint density at radius 1 is 1.10 bits per heavy atom. The summed E-state index contributed by atoms with van der Waals surface area (Å²) in [6, 6.07) is 14.0. The summed E-state index contributed by atoms with van der Waals surface area (Å²) in [5.41, 5.74) is 0.571. The third-order valence-electron chi connectivity index (χ3n) is 4.82. The zero-order valence-electron chi connectivity index (χ0n) is 17.9. The molecule has 9 heteroatoms. The third kappa shape index (κ3) is 6.46. The highest BCUT2D eigenvalue weighted by molar-refractivity contribution is 7.99. The van der Waals surface area contributed by atoms with Crippen LogP contribution in [0.5, 0.6) is 5.75 Å². The Kier molecular flexibility index (Phi) is 7.99. The Labute approximate surface area is 188 Å². The molecular weight excluding hydrogens is 436 g/mol. The van der Waals surface area contributed by atoms with E-state index in [1.807, 2.05) is 38.1 Å². The quantitative estimate of drug-likeness (QED) is 0.601. The highest BCUT2D eigenvalue weighted by atomic mass is 32.2. The summed E-state index contributed by atoms with van der Waals surface area (Å²) in [5, 5.41) is 2.82. The number of benzene rings is 2. The van der Waals surface area contributed by atoms with E-state index in [9.17, 15) is 13.2 Å². The number of hydrogen-bond acceptors (Lipinski definition) is 6. The number of morpholine rings is 1. The van der Waals surface area contributed by atoms with Crippen LogP contribution >= 0.6 is 11.8 Å². The summed E-state index contributed by atoms with van der Waals surface area (Å²) >= 11 is 1.59. The van der Waals surface area contributed by atoms with E-state index in [1.54, 1.807) is 31.0 Å². The standard InChI is InChI=1S/C22H28N2O5S2/c1-16-14-24(15-17(2)29-16)31(26,27)21-10-4-18(5-11-21)23-22(25)12-13-30-20-8-6-19(28-3)7-9-20/h4-11,16-17H,12-15H2,1-3H3,(H,23,25). The molecule has 3 rings (SSSR count). The van der Waals surface area contributed by atoms with E-state index < -0.39 is 10.0 Å². The monoisotopic (exact) mass is 464 g/mol. The Balaban J connectivity index is 1.51. The predicted molar refractivity (Wildman–Crippen MR) is 122 cm³/mol. The number of hydrogen-bond donors (Lipinski definition) is 1. The summed E-state index contributed by atoms with van der Waals surface area (Å²) in [7, 11) is -1.97. The number of carbonyl (C=O) groups excluding carboxylic acids is 1. The lowest BCUT2D eigenvalue weighted by molar-refractivity contribution is -0.115. The maximum Gasteiger partial charge on any atom is 0.243 e. The summed E-state index contributed by atoms with van der Waals surface area (Å²) in [5.74, 6) is 1.32. The van der Waals surface area contributed by atoms with Crippen LogP contribution in [0.4, 0.5) is 5.69 Å². The van der Waals surface area contributed by atoms with Gasteiger partial charge in [0.1, 0.15) is 5.75 Å². The van der Waals surface area contributed by atoms with Gasteiger partial charge in [0, 0.05) is 35.8 Å². The van der Waals surface area contributed by atoms with Crippen LogP contribution in [-0.4, -0.2) is 56.8 Å². The Morgan fingerprint density at radius 3 is 2.29 bits per heavy atom. The predicted octanol–water partition coefficient (Wildman–Crippen LogP) is 3.61. The van der Waals surface area contributed by atoms with Gasteiger partial charge in [-0.25, -0.2) is 8.42 Å². The fourth-order valence-electron chi connectivity index (χ4n) is 3.34. The number of methoxy groups -OCH3 is 1. The maximum atomic E-state index is 12.9. The van der Waals surface area contributed by atoms with E-state index in [2.05, 4.69) is 5.32 Å². The van der Waals surface area contributed by atoms with Crippen LogP contribution in [0.3, 0.4) is 0 Å². The molecule has 0 spiro atoms. The van der Waals surface area contributed by atoms with Crippen molar-refractivity contribution in [2.75, 3.05) is 31.3 Å². The fraction of sp³-hybridized carbons (Fsp3) is 0.409. The highest BCUT2D eigenvalue weighted by Crippen LogP contribution is 2.24. The minimum Gasteiger partial charge on any atom is -0.497 e. The average Bonchev–Trinajstić information content (AvgIpc) is 2.74. The molecule has 0 bridgehead atoms. The fourth-order valence-corrected chi connectivity index (χ4v) is 5.79. The molecule has 0 aliphatic carbocycles. The molecule has 2 aromatic carbocycles. The normalized spacial score (nSPS) is 19.7. The SMILES string of the molecule is COc1ccc(SCCC(=O)Nc2ccc(S(=O)(=O)N3CC(C)OC(C)C3)cc2)cc1. The first-order chi connectivity index (χ1) is 14.8. The first-order valence-electron chi connectivity index (χ1n) is 10.1. The second kappa shape index (κ2) is 10.5. The van der Waals surface area contributed by atoms with Gasteiger partial charge < -0.3 is 14.8 Å². The third-order valence-corrected chi connectivity index (χ3v) is 7.68. The molecule has 7 nitrogen and oxygen atoms in total. The van der Waals surface area contributed by atoms with Crippen molar-refractivity contribution in [2.45, 2.75) is 42.3 Å². The van der Waals surface area contributed by atoms with Crippen LogP contribution in [0.25, 0.3) is 0 Å². The van der Waals surface area contributed by atoms with Crippen LogP contribution in [0, 0.1) is 0 Å². The van der Waals surface area contributed by atoms with Crippen molar-refractivity contribution in [1.29, 1.82) is 0 Å². The molecule has 1 saturated heterocycles. The van der Waals surface area contributed by atoms with Gasteiger partial charge in [-0.3, -0.25) is 4.79 Å². The van der Waals surface area contributed by atoms with Crippen molar-refractivity contribution in [3.8, 4) is 5.75 Å².